The number of nitrogens with zero attached hydrogens (tertiary/aromatic N) is 2. The maximum Gasteiger partial charge on any atom is 0.0931 e. The van der Waals surface area contributed by atoms with Crippen molar-refractivity contribution in [3.8, 4) is 0 Å². The number of nitrogens with one attached hydrogen (secondary N) is 1. The molecule has 0 bridgehead atoms. The minimum absolute atomic E-state index is 0.510. The minimum atomic E-state index is 0.510. The summed E-state index contributed by atoms with van der Waals surface area (Å²) in [6, 6.07) is 1.19. The first-order valence-electron chi connectivity index (χ1n) is 7.93. The molecule has 0 spiro atoms. The van der Waals surface area contributed by atoms with Crippen molar-refractivity contribution in [1.29, 1.82) is 0 Å². The third-order valence-corrected chi connectivity index (χ3v) is 5.27. The standard InChI is InChI=1S/C16H29N3S/c1-12(2)19-7-5-6-14(10-19)9-16-18-15(11-20-16)8-13(3)17-4/h11-14,17H,5-10H2,1-4H3. The second-order valence-corrected chi connectivity index (χ2v) is 7.37. The Morgan fingerprint density at radius 2 is 2.25 bits per heavy atom. The molecule has 0 radical (unpaired) electrons. The molecule has 4 heteroatoms. The van der Waals surface area contributed by atoms with Gasteiger partial charge < -0.3 is 10.2 Å². The summed E-state index contributed by atoms with van der Waals surface area (Å²) in [7, 11) is 2.01. The number of thiazole rings is 1. The second-order valence-electron chi connectivity index (χ2n) is 6.43. The molecule has 2 rings (SSSR count). The Labute approximate surface area is 127 Å². The van der Waals surface area contributed by atoms with E-state index in [2.05, 4.69) is 36.4 Å². The first-order valence-corrected chi connectivity index (χ1v) is 8.81. The summed E-state index contributed by atoms with van der Waals surface area (Å²) < 4.78 is 0. The minimum Gasteiger partial charge on any atom is -0.317 e. The van der Waals surface area contributed by atoms with Gasteiger partial charge in [-0.15, -0.1) is 11.3 Å². The van der Waals surface area contributed by atoms with Gasteiger partial charge in [0.15, 0.2) is 0 Å². The SMILES string of the molecule is CNC(C)Cc1csc(CC2CCCN(C(C)C)C2)n1. The molecule has 1 aromatic rings. The zero-order valence-corrected chi connectivity index (χ0v) is 14.2. The summed E-state index contributed by atoms with van der Waals surface area (Å²) in [5.41, 5.74) is 1.25. The van der Waals surface area contributed by atoms with Crippen LogP contribution in [0.3, 0.4) is 0 Å². The highest BCUT2D eigenvalue weighted by molar-refractivity contribution is 7.09. The van der Waals surface area contributed by atoms with E-state index in [1.165, 1.54) is 43.1 Å². The lowest BCUT2D eigenvalue weighted by atomic mass is 9.94. The van der Waals surface area contributed by atoms with Crippen LogP contribution in [0.25, 0.3) is 0 Å². The molecule has 2 heterocycles. The molecule has 0 aromatic carbocycles. The number of hydrogen-bond donors (Lipinski definition) is 1. The fourth-order valence-electron chi connectivity index (χ4n) is 2.93. The highest BCUT2D eigenvalue weighted by atomic mass is 32.1. The van der Waals surface area contributed by atoms with Gasteiger partial charge >= 0.3 is 0 Å². The Hall–Kier alpha value is -0.450. The van der Waals surface area contributed by atoms with Crippen molar-refractivity contribution in [3.63, 3.8) is 0 Å². The van der Waals surface area contributed by atoms with E-state index < -0.39 is 0 Å². The van der Waals surface area contributed by atoms with E-state index >= 15 is 0 Å². The average Bonchev–Trinajstić information content (AvgIpc) is 2.86. The van der Waals surface area contributed by atoms with Gasteiger partial charge in [0.1, 0.15) is 0 Å². The van der Waals surface area contributed by atoms with E-state index in [0.29, 0.717) is 12.1 Å². The third kappa shape index (κ3) is 4.54. The Bertz CT molecular complexity index is 402. The van der Waals surface area contributed by atoms with Crippen molar-refractivity contribution in [3.05, 3.63) is 16.1 Å². The van der Waals surface area contributed by atoms with Crippen molar-refractivity contribution < 1.29 is 0 Å². The van der Waals surface area contributed by atoms with Crippen LogP contribution in [0.5, 0.6) is 0 Å². The number of aromatic nitrogens is 1. The molecule has 1 aliphatic rings. The van der Waals surface area contributed by atoms with Crippen LogP contribution in [-0.4, -0.2) is 42.1 Å². The average molecular weight is 295 g/mol. The predicted molar refractivity (Wildman–Crippen MR) is 87.5 cm³/mol. The molecule has 1 saturated heterocycles. The van der Waals surface area contributed by atoms with Gasteiger partial charge in [-0.3, -0.25) is 0 Å². The molecule has 1 aliphatic heterocycles. The molecule has 2 atom stereocenters. The van der Waals surface area contributed by atoms with Gasteiger partial charge in [0.2, 0.25) is 0 Å². The molecule has 1 fully saturated rings. The Kier molecular flexibility index (Phi) is 6.00. The Morgan fingerprint density at radius 1 is 1.45 bits per heavy atom. The fourth-order valence-corrected chi connectivity index (χ4v) is 3.85. The van der Waals surface area contributed by atoms with Gasteiger partial charge in [0.25, 0.3) is 0 Å². The van der Waals surface area contributed by atoms with Crippen LogP contribution >= 0.6 is 11.3 Å². The molecule has 114 valence electrons. The van der Waals surface area contributed by atoms with Gasteiger partial charge in [-0.05, 0) is 53.1 Å². The summed E-state index contributed by atoms with van der Waals surface area (Å²) in [6.07, 6.45) is 4.92. The van der Waals surface area contributed by atoms with Crippen LogP contribution in [0.2, 0.25) is 0 Å². The van der Waals surface area contributed by atoms with E-state index in [-0.39, 0.29) is 0 Å². The summed E-state index contributed by atoms with van der Waals surface area (Å²) in [5.74, 6) is 0.798. The van der Waals surface area contributed by atoms with Crippen LogP contribution < -0.4 is 5.32 Å². The number of hydrogen-bond acceptors (Lipinski definition) is 4. The number of piperidine rings is 1. The lowest BCUT2D eigenvalue weighted by Gasteiger charge is -2.35. The maximum atomic E-state index is 4.82. The predicted octanol–water partition coefficient (Wildman–Crippen LogP) is 2.96. The van der Waals surface area contributed by atoms with Crippen molar-refractivity contribution in [1.82, 2.24) is 15.2 Å². The molecule has 2 unspecified atom stereocenters. The van der Waals surface area contributed by atoms with E-state index in [4.69, 9.17) is 4.98 Å². The van der Waals surface area contributed by atoms with Crippen molar-refractivity contribution in [2.45, 2.75) is 58.5 Å². The summed E-state index contributed by atoms with van der Waals surface area (Å²) in [4.78, 5) is 7.44. The fraction of sp³-hybridized carbons (Fsp3) is 0.812. The van der Waals surface area contributed by atoms with E-state index in [9.17, 15) is 0 Å². The Morgan fingerprint density at radius 3 is 2.95 bits per heavy atom. The van der Waals surface area contributed by atoms with E-state index in [0.717, 1.165) is 12.3 Å². The molecular formula is C16H29N3S. The topological polar surface area (TPSA) is 28.2 Å². The monoisotopic (exact) mass is 295 g/mol. The molecule has 1 aromatic heterocycles. The van der Waals surface area contributed by atoms with Crippen LogP contribution in [0, 0.1) is 5.92 Å². The van der Waals surface area contributed by atoms with Crippen LogP contribution in [-0.2, 0) is 12.8 Å². The maximum absolute atomic E-state index is 4.82. The molecule has 3 nitrogen and oxygen atoms in total. The third-order valence-electron chi connectivity index (χ3n) is 4.35. The van der Waals surface area contributed by atoms with E-state index in [1.807, 2.05) is 18.4 Å². The second kappa shape index (κ2) is 7.53. The lowest BCUT2D eigenvalue weighted by Crippen LogP contribution is -2.40. The number of likely N-dealkylation sites (tertiary alicyclic amines) is 1. The highest BCUT2D eigenvalue weighted by Gasteiger charge is 2.22. The van der Waals surface area contributed by atoms with Crippen molar-refractivity contribution in [2.24, 2.45) is 5.92 Å². The van der Waals surface area contributed by atoms with Crippen LogP contribution in [0.1, 0.15) is 44.3 Å². The normalized spacial score (nSPS) is 22.4. The van der Waals surface area contributed by atoms with Crippen molar-refractivity contribution >= 4 is 11.3 Å². The zero-order valence-electron chi connectivity index (χ0n) is 13.4. The first kappa shape index (κ1) is 15.9. The zero-order chi connectivity index (χ0) is 14.5. The highest BCUT2D eigenvalue weighted by Crippen LogP contribution is 2.24. The molecular weight excluding hydrogens is 266 g/mol. The van der Waals surface area contributed by atoms with Gasteiger partial charge in [-0.2, -0.15) is 0 Å². The summed E-state index contributed by atoms with van der Waals surface area (Å²) in [5, 5.41) is 6.85. The Balaban J connectivity index is 1.86. The number of rotatable bonds is 6. The lowest BCUT2D eigenvalue weighted by molar-refractivity contribution is 0.139. The summed E-state index contributed by atoms with van der Waals surface area (Å²) >= 11 is 1.85. The van der Waals surface area contributed by atoms with Gasteiger partial charge in [0.05, 0.1) is 10.7 Å². The number of likely N-dealkylation sites (N-methyl/N-ethyl adjacent to an activating group) is 1. The molecule has 20 heavy (non-hydrogen) atoms. The van der Waals surface area contributed by atoms with Gasteiger partial charge in [0, 0.05) is 36.9 Å². The quantitative estimate of drug-likeness (QED) is 0.874. The molecule has 0 aliphatic carbocycles. The van der Waals surface area contributed by atoms with Crippen molar-refractivity contribution in [2.75, 3.05) is 20.1 Å². The summed E-state index contributed by atoms with van der Waals surface area (Å²) in [6.45, 7) is 9.35. The first-order chi connectivity index (χ1) is 9.58. The molecule has 1 N–H and O–H groups in total. The van der Waals surface area contributed by atoms with Crippen LogP contribution in [0.4, 0.5) is 0 Å². The van der Waals surface area contributed by atoms with Gasteiger partial charge in [-0.1, -0.05) is 0 Å². The van der Waals surface area contributed by atoms with E-state index in [1.54, 1.807) is 0 Å². The largest absolute Gasteiger partial charge is 0.317 e. The molecule has 0 amide bonds. The smallest absolute Gasteiger partial charge is 0.0931 e. The van der Waals surface area contributed by atoms with Gasteiger partial charge in [-0.25, -0.2) is 4.98 Å². The molecule has 0 saturated carbocycles. The van der Waals surface area contributed by atoms with Crippen LogP contribution in [0.15, 0.2) is 5.38 Å².